The first-order valence-corrected chi connectivity index (χ1v) is 5.66. The standard InChI is InChI=1S/C11H10ClF3N2O3/c1-5(9(18)19)16-10(20)17-8-3-2-6(4-7(8)12)11(13,14)15/h2-5H,1H3,(H,18,19)(H2,16,17,20)/t5-/m1/s1. The van der Waals surface area contributed by atoms with Crippen LogP contribution in [0.15, 0.2) is 18.2 Å². The molecule has 1 aromatic rings. The summed E-state index contributed by atoms with van der Waals surface area (Å²) >= 11 is 5.62. The van der Waals surface area contributed by atoms with E-state index in [1.54, 1.807) is 0 Å². The van der Waals surface area contributed by atoms with Crippen LogP contribution in [0.5, 0.6) is 0 Å². The van der Waals surface area contributed by atoms with E-state index in [4.69, 9.17) is 16.7 Å². The van der Waals surface area contributed by atoms with Gasteiger partial charge in [-0.2, -0.15) is 13.2 Å². The first kappa shape index (κ1) is 16.1. The van der Waals surface area contributed by atoms with E-state index in [1.165, 1.54) is 6.92 Å². The van der Waals surface area contributed by atoms with Gasteiger partial charge in [-0.05, 0) is 25.1 Å². The number of nitrogens with one attached hydrogen (secondary N) is 2. The molecule has 0 aromatic heterocycles. The Balaban J connectivity index is 2.79. The van der Waals surface area contributed by atoms with Crippen LogP contribution in [-0.2, 0) is 11.0 Å². The number of urea groups is 1. The molecule has 3 N–H and O–H groups in total. The summed E-state index contributed by atoms with van der Waals surface area (Å²) < 4.78 is 37.2. The number of amides is 2. The Morgan fingerprint density at radius 1 is 1.35 bits per heavy atom. The molecule has 1 aromatic carbocycles. The molecule has 0 saturated carbocycles. The first-order valence-electron chi connectivity index (χ1n) is 5.28. The van der Waals surface area contributed by atoms with E-state index in [0.29, 0.717) is 6.07 Å². The van der Waals surface area contributed by atoms with Crippen molar-refractivity contribution in [3.63, 3.8) is 0 Å². The fraction of sp³-hybridized carbons (Fsp3) is 0.273. The van der Waals surface area contributed by atoms with Gasteiger partial charge < -0.3 is 15.7 Å². The summed E-state index contributed by atoms with van der Waals surface area (Å²) in [4.78, 5) is 21.9. The number of carbonyl (C=O) groups is 2. The van der Waals surface area contributed by atoms with E-state index in [9.17, 15) is 22.8 Å². The molecule has 0 radical (unpaired) electrons. The molecule has 0 unspecified atom stereocenters. The minimum absolute atomic E-state index is 0.0604. The quantitative estimate of drug-likeness (QED) is 0.803. The normalized spacial score (nSPS) is 12.7. The molecule has 0 heterocycles. The number of hydrogen-bond acceptors (Lipinski definition) is 2. The summed E-state index contributed by atoms with van der Waals surface area (Å²) in [5, 5.41) is 12.5. The van der Waals surface area contributed by atoms with Gasteiger partial charge in [0.1, 0.15) is 6.04 Å². The number of hydrogen-bond donors (Lipinski definition) is 3. The van der Waals surface area contributed by atoms with Crippen LogP contribution >= 0.6 is 11.6 Å². The second-order valence-electron chi connectivity index (χ2n) is 3.85. The highest BCUT2D eigenvalue weighted by molar-refractivity contribution is 6.33. The smallest absolute Gasteiger partial charge is 0.416 e. The third kappa shape index (κ3) is 4.30. The van der Waals surface area contributed by atoms with Gasteiger partial charge in [-0.1, -0.05) is 11.6 Å². The van der Waals surface area contributed by atoms with E-state index < -0.39 is 29.8 Å². The number of rotatable bonds is 3. The molecule has 0 bridgehead atoms. The molecule has 0 aliphatic rings. The summed E-state index contributed by atoms with van der Waals surface area (Å²) in [5.41, 5.74) is -1.01. The Kier molecular flexibility index (Phi) is 4.83. The zero-order valence-corrected chi connectivity index (χ0v) is 10.8. The van der Waals surface area contributed by atoms with Gasteiger partial charge in [0, 0.05) is 0 Å². The van der Waals surface area contributed by atoms with E-state index in [1.807, 2.05) is 0 Å². The number of carboxylic acid groups (broad SMARTS) is 1. The van der Waals surface area contributed by atoms with Crippen LogP contribution in [0, 0.1) is 0 Å². The highest BCUT2D eigenvalue weighted by Crippen LogP contribution is 2.33. The average molecular weight is 311 g/mol. The molecule has 1 atom stereocenters. The summed E-state index contributed by atoms with van der Waals surface area (Å²) in [7, 11) is 0. The second-order valence-corrected chi connectivity index (χ2v) is 4.26. The number of alkyl halides is 3. The number of benzene rings is 1. The van der Waals surface area contributed by atoms with Crippen molar-refractivity contribution in [2.75, 3.05) is 5.32 Å². The summed E-state index contributed by atoms with van der Waals surface area (Å²) in [6.45, 7) is 1.23. The highest BCUT2D eigenvalue weighted by Gasteiger charge is 2.31. The van der Waals surface area contributed by atoms with Crippen molar-refractivity contribution in [1.82, 2.24) is 5.32 Å². The van der Waals surface area contributed by atoms with Crippen molar-refractivity contribution < 1.29 is 27.9 Å². The van der Waals surface area contributed by atoms with Crippen molar-refractivity contribution >= 4 is 29.3 Å². The third-order valence-corrected chi connectivity index (χ3v) is 2.58. The lowest BCUT2D eigenvalue weighted by atomic mass is 10.2. The van der Waals surface area contributed by atoms with Gasteiger partial charge in [0.05, 0.1) is 16.3 Å². The molecule has 20 heavy (non-hydrogen) atoms. The molecule has 2 amide bonds. The number of carboxylic acids is 1. The fourth-order valence-corrected chi connectivity index (χ4v) is 1.44. The first-order chi connectivity index (χ1) is 9.11. The van der Waals surface area contributed by atoms with Crippen molar-refractivity contribution in [3.05, 3.63) is 28.8 Å². The molecule has 5 nitrogen and oxygen atoms in total. The molecule has 0 aliphatic carbocycles. The molecule has 0 spiro atoms. The molecule has 9 heteroatoms. The topological polar surface area (TPSA) is 78.4 Å². The largest absolute Gasteiger partial charge is 0.480 e. The molecule has 0 saturated heterocycles. The fourth-order valence-electron chi connectivity index (χ4n) is 1.21. The molecular formula is C11H10ClF3N2O3. The van der Waals surface area contributed by atoms with E-state index in [-0.39, 0.29) is 10.7 Å². The summed E-state index contributed by atoms with van der Waals surface area (Å²) in [5.74, 6) is -1.25. The monoisotopic (exact) mass is 310 g/mol. The van der Waals surface area contributed by atoms with Gasteiger partial charge in [0.2, 0.25) is 0 Å². The lowest BCUT2D eigenvalue weighted by Gasteiger charge is -2.13. The molecular weight excluding hydrogens is 301 g/mol. The molecule has 0 fully saturated rings. The van der Waals surface area contributed by atoms with Crippen molar-refractivity contribution in [1.29, 1.82) is 0 Å². The van der Waals surface area contributed by atoms with Gasteiger partial charge in [-0.3, -0.25) is 4.79 Å². The van der Waals surface area contributed by atoms with E-state index in [2.05, 4.69) is 10.6 Å². The predicted octanol–water partition coefficient (Wildman–Crippen LogP) is 2.95. The molecule has 1 rings (SSSR count). The minimum atomic E-state index is -4.54. The van der Waals surface area contributed by atoms with E-state index in [0.717, 1.165) is 12.1 Å². The van der Waals surface area contributed by atoms with Gasteiger partial charge in [0.25, 0.3) is 0 Å². The zero-order valence-electron chi connectivity index (χ0n) is 10.1. The zero-order chi connectivity index (χ0) is 15.5. The molecule has 110 valence electrons. The SMILES string of the molecule is C[C@@H](NC(=O)Nc1ccc(C(F)(F)F)cc1Cl)C(=O)O. The Hall–Kier alpha value is -1.96. The van der Waals surface area contributed by atoms with Crippen LogP contribution in [0.4, 0.5) is 23.7 Å². The minimum Gasteiger partial charge on any atom is -0.480 e. The van der Waals surface area contributed by atoms with Crippen molar-refractivity contribution in [2.24, 2.45) is 0 Å². The van der Waals surface area contributed by atoms with Crippen LogP contribution in [0.3, 0.4) is 0 Å². The Morgan fingerprint density at radius 2 is 1.95 bits per heavy atom. The third-order valence-electron chi connectivity index (χ3n) is 2.26. The summed E-state index contributed by atoms with van der Waals surface area (Å²) in [6.07, 6.45) is -4.54. The van der Waals surface area contributed by atoms with Gasteiger partial charge in [-0.25, -0.2) is 4.79 Å². The second kappa shape index (κ2) is 6.00. The lowest BCUT2D eigenvalue weighted by Crippen LogP contribution is -2.40. The van der Waals surface area contributed by atoms with Crippen LogP contribution in [-0.4, -0.2) is 23.1 Å². The predicted molar refractivity (Wildman–Crippen MR) is 65.7 cm³/mol. The van der Waals surface area contributed by atoms with Crippen molar-refractivity contribution in [3.8, 4) is 0 Å². The summed E-state index contributed by atoms with van der Waals surface area (Å²) in [6, 6.07) is 0.362. The Morgan fingerprint density at radius 3 is 2.40 bits per heavy atom. The van der Waals surface area contributed by atoms with Crippen LogP contribution in [0.1, 0.15) is 12.5 Å². The average Bonchev–Trinajstić information content (AvgIpc) is 2.30. The Bertz CT molecular complexity index is 534. The van der Waals surface area contributed by atoms with Gasteiger partial charge >= 0.3 is 18.2 Å². The number of aliphatic carboxylic acids is 1. The number of anilines is 1. The Labute approximate surface area is 116 Å². The molecule has 0 aliphatic heterocycles. The van der Waals surface area contributed by atoms with Crippen LogP contribution in [0.25, 0.3) is 0 Å². The maximum atomic E-state index is 12.4. The van der Waals surface area contributed by atoms with Crippen LogP contribution in [0.2, 0.25) is 5.02 Å². The number of carbonyl (C=O) groups excluding carboxylic acids is 1. The van der Waals surface area contributed by atoms with Crippen molar-refractivity contribution in [2.45, 2.75) is 19.1 Å². The van der Waals surface area contributed by atoms with Gasteiger partial charge in [-0.15, -0.1) is 0 Å². The maximum Gasteiger partial charge on any atom is 0.416 e. The highest BCUT2D eigenvalue weighted by atomic mass is 35.5. The maximum absolute atomic E-state index is 12.4. The van der Waals surface area contributed by atoms with Crippen LogP contribution < -0.4 is 10.6 Å². The van der Waals surface area contributed by atoms with Gasteiger partial charge in [0.15, 0.2) is 0 Å². The van der Waals surface area contributed by atoms with E-state index >= 15 is 0 Å². The lowest BCUT2D eigenvalue weighted by molar-refractivity contribution is -0.139. The number of halogens is 4.